The second-order valence-corrected chi connectivity index (χ2v) is 7.11. The summed E-state index contributed by atoms with van der Waals surface area (Å²) in [5.41, 5.74) is 3.14. The number of carbonyl (C=O) groups is 2. The number of amides is 4. The monoisotopic (exact) mass is 422 g/mol. The summed E-state index contributed by atoms with van der Waals surface area (Å²) < 4.78 is 0. The zero-order valence-corrected chi connectivity index (χ0v) is 17.3. The SMILES string of the molecule is Cc1cccc(NC(=O)N(CCNC(=O)Nc2ccc(Cl)cc2)c2ccccc2)c1. The molecule has 0 aromatic heterocycles. The number of urea groups is 2. The number of aryl methyl sites for hydroxylation is 1. The van der Waals surface area contributed by atoms with E-state index in [1.807, 2.05) is 61.5 Å². The molecular weight excluding hydrogens is 400 g/mol. The molecule has 154 valence electrons. The van der Waals surface area contributed by atoms with Crippen LogP contribution in [-0.4, -0.2) is 25.2 Å². The summed E-state index contributed by atoms with van der Waals surface area (Å²) in [7, 11) is 0. The molecular formula is C23H23ClN4O2. The summed E-state index contributed by atoms with van der Waals surface area (Å²) in [6, 6.07) is 23.1. The molecule has 0 saturated carbocycles. The number of hydrogen-bond donors (Lipinski definition) is 3. The van der Waals surface area contributed by atoms with E-state index in [-0.39, 0.29) is 18.6 Å². The van der Waals surface area contributed by atoms with Crippen LogP contribution in [0, 0.1) is 6.92 Å². The normalized spacial score (nSPS) is 10.2. The van der Waals surface area contributed by atoms with E-state index in [0.717, 1.165) is 16.9 Å². The molecule has 3 rings (SSSR count). The van der Waals surface area contributed by atoms with Gasteiger partial charge in [0.25, 0.3) is 0 Å². The zero-order chi connectivity index (χ0) is 21.3. The van der Waals surface area contributed by atoms with Crippen molar-refractivity contribution in [1.29, 1.82) is 0 Å². The van der Waals surface area contributed by atoms with Crippen molar-refractivity contribution in [1.82, 2.24) is 5.32 Å². The first-order valence-corrected chi connectivity index (χ1v) is 9.90. The predicted octanol–water partition coefficient (Wildman–Crippen LogP) is 5.51. The van der Waals surface area contributed by atoms with Crippen molar-refractivity contribution in [2.75, 3.05) is 28.6 Å². The molecule has 0 atom stereocenters. The van der Waals surface area contributed by atoms with E-state index < -0.39 is 0 Å². The van der Waals surface area contributed by atoms with Crippen LogP contribution < -0.4 is 20.9 Å². The molecule has 7 heteroatoms. The van der Waals surface area contributed by atoms with Gasteiger partial charge in [-0.3, -0.25) is 4.90 Å². The maximum Gasteiger partial charge on any atom is 0.326 e. The van der Waals surface area contributed by atoms with Crippen molar-refractivity contribution in [3.8, 4) is 0 Å². The molecule has 3 aromatic carbocycles. The molecule has 3 aromatic rings. The summed E-state index contributed by atoms with van der Waals surface area (Å²) in [6.07, 6.45) is 0. The van der Waals surface area contributed by atoms with Gasteiger partial charge in [0.15, 0.2) is 0 Å². The molecule has 4 amide bonds. The molecule has 0 radical (unpaired) electrons. The molecule has 3 N–H and O–H groups in total. The van der Waals surface area contributed by atoms with Crippen LogP contribution in [0.3, 0.4) is 0 Å². The average molecular weight is 423 g/mol. The Balaban J connectivity index is 1.61. The maximum absolute atomic E-state index is 12.9. The van der Waals surface area contributed by atoms with E-state index in [9.17, 15) is 9.59 Å². The predicted molar refractivity (Wildman–Crippen MR) is 122 cm³/mol. The Bertz CT molecular complexity index is 994. The third-order valence-corrected chi connectivity index (χ3v) is 4.56. The minimum Gasteiger partial charge on any atom is -0.336 e. The number of carbonyl (C=O) groups excluding carboxylic acids is 2. The number of nitrogens with zero attached hydrogens (tertiary/aromatic N) is 1. The second-order valence-electron chi connectivity index (χ2n) is 6.67. The lowest BCUT2D eigenvalue weighted by molar-refractivity contribution is 0.250. The summed E-state index contributed by atoms with van der Waals surface area (Å²) in [6.45, 7) is 2.54. The summed E-state index contributed by atoms with van der Waals surface area (Å²) in [5, 5.41) is 9.01. The van der Waals surface area contributed by atoms with E-state index in [1.54, 1.807) is 29.2 Å². The van der Waals surface area contributed by atoms with Gasteiger partial charge in [0, 0.05) is 35.2 Å². The molecule has 6 nitrogen and oxygen atoms in total. The third-order valence-electron chi connectivity index (χ3n) is 4.31. The van der Waals surface area contributed by atoms with E-state index in [0.29, 0.717) is 17.3 Å². The van der Waals surface area contributed by atoms with Crippen molar-refractivity contribution in [2.45, 2.75) is 6.92 Å². The minimum absolute atomic E-state index is 0.272. The summed E-state index contributed by atoms with van der Waals surface area (Å²) in [4.78, 5) is 26.6. The molecule has 0 aliphatic rings. The van der Waals surface area contributed by atoms with Crippen molar-refractivity contribution in [2.24, 2.45) is 0 Å². The van der Waals surface area contributed by atoms with E-state index in [4.69, 9.17) is 11.6 Å². The second kappa shape index (κ2) is 10.3. The fourth-order valence-corrected chi connectivity index (χ4v) is 2.99. The van der Waals surface area contributed by atoms with Crippen LogP contribution in [0.15, 0.2) is 78.9 Å². The van der Waals surface area contributed by atoms with Gasteiger partial charge in [0.1, 0.15) is 0 Å². The van der Waals surface area contributed by atoms with Crippen LogP contribution in [0.25, 0.3) is 0 Å². The first kappa shape index (κ1) is 21.2. The van der Waals surface area contributed by atoms with Crippen LogP contribution in [0.5, 0.6) is 0 Å². The van der Waals surface area contributed by atoms with Crippen molar-refractivity contribution in [3.05, 3.63) is 89.4 Å². The molecule has 0 spiro atoms. The van der Waals surface area contributed by atoms with Gasteiger partial charge >= 0.3 is 12.1 Å². The molecule has 0 saturated heterocycles. The molecule has 30 heavy (non-hydrogen) atoms. The number of benzene rings is 3. The number of halogens is 1. The van der Waals surface area contributed by atoms with Gasteiger partial charge in [-0.1, -0.05) is 41.9 Å². The molecule has 0 aliphatic heterocycles. The number of rotatable bonds is 6. The Morgan fingerprint density at radius 1 is 0.867 bits per heavy atom. The highest BCUT2D eigenvalue weighted by atomic mass is 35.5. The van der Waals surface area contributed by atoms with Gasteiger partial charge < -0.3 is 16.0 Å². The van der Waals surface area contributed by atoms with Crippen molar-refractivity contribution < 1.29 is 9.59 Å². The van der Waals surface area contributed by atoms with E-state index in [2.05, 4.69) is 16.0 Å². The van der Waals surface area contributed by atoms with Crippen LogP contribution in [0.1, 0.15) is 5.56 Å². The first-order chi connectivity index (χ1) is 14.5. The largest absolute Gasteiger partial charge is 0.336 e. The lowest BCUT2D eigenvalue weighted by Gasteiger charge is -2.23. The average Bonchev–Trinajstić information content (AvgIpc) is 2.73. The Morgan fingerprint density at radius 2 is 1.60 bits per heavy atom. The first-order valence-electron chi connectivity index (χ1n) is 9.52. The maximum atomic E-state index is 12.9. The fourth-order valence-electron chi connectivity index (χ4n) is 2.86. The smallest absolute Gasteiger partial charge is 0.326 e. The third kappa shape index (κ3) is 6.25. The number of para-hydroxylation sites is 1. The lowest BCUT2D eigenvalue weighted by atomic mass is 10.2. The van der Waals surface area contributed by atoms with E-state index in [1.165, 1.54) is 0 Å². The molecule has 0 fully saturated rings. The van der Waals surface area contributed by atoms with Crippen molar-refractivity contribution >= 4 is 40.7 Å². The van der Waals surface area contributed by atoms with E-state index >= 15 is 0 Å². The number of hydrogen-bond acceptors (Lipinski definition) is 2. The number of nitrogens with one attached hydrogen (secondary N) is 3. The summed E-state index contributed by atoms with van der Waals surface area (Å²) >= 11 is 5.85. The van der Waals surface area contributed by atoms with Gasteiger partial charge in [-0.2, -0.15) is 0 Å². The van der Waals surface area contributed by atoms with Gasteiger partial charge in [0.05, 0.1) is 0 Å². The molecule has 0 bridgehead atoms. The van der Waals surface area contributed by atoms with Crippen LogP contribution >= 0.6 is 11.6 Å². The fraction of sp³-hybridized carbons (Fsp3) is 0.130. The van der Waals surface area contributed by atoms with Crippen LogP contribution in [0.2, 0.25) is 5.02 Å². The Hall–Kier alpha value is -3.51. The molecule has 0 heterocycles. The zero-order valence-electron chi connectivity index (χ0n) is 16.6. The highest BCUT2D eigenvalue weighted by Gasteiger charge is 2.16. The van der Waals surface area contributed by atoms with Crippen LogP contribution in [0.4, 0.5) is 26.7 Å². The highest BCUT2D eigenvalue weighted by Crippen LogP contribution is 2.16. The lowest BCUT2D eigenvalue weighted by Crippen LogP contribution is -2.42. The Morgan fingerprint density at radius 3 is 2.30 bits per heavy atom. The molecule has 0 aliphatic carbocycles. The number of anilines is 3. The van der Waals surface area contributed by atoms with Gasteiger partial charge in [-0.15, -0.1) is 0 Å². The van der Waals surface area contributed by atoms with Crippen LogP contribution in [-0.2, 0) is 0 Å². The van der Waals surface area contributed by atoms with Gasteiger partial charge in [-0.25, -0.2) is 9.59 Å². The highest BCUT2D eigenvalue weighted by molar-refractivity contribution is 6.30. The van der Waals surface area contributed by atoms with Gasteiger partial charge in [0.2, 0.25) is 0 Å². The minimum atomic E-state index is -0.357. The summed E-state index contributed by atoms with van der Waals surface area (Å²) in [5.74, 6) is 0. The Labute approximate surface area is 180 Å². The topological polar surface area (TPSA) is 73.5 Å². The quantitative estimate of drug-likeness (QED) is 0.490. The molecule has 0 unspecified atom stereocenters. The standard InChI is InChI=1S/C23H23ClN4O2/c1-17-6-5-7-20(16-17)27-23(30)28(21-8-3-2-4-9-21)15-14-25-22(29)26-19-12-10-18(24)11-13-19/h2-13,16H,14-15H2,1H3,(H,27,30)(H2,25,26,29). The Kier molecular flexibility index (Phi) is 7.29. The van der Waals surface area contributed by atoms with Gasteiger partial charge in [-0.05, 0) is 61.0 Å². The van der Waals surface area contributed by atoms with Crippen molar-refractivity contribution in [3.63, 3.8) is 0 Å².